The molecule has 1 fully saturated rings. The van der Waals surface area contributed by atoms with Crippen LogP contribution in [0.2, 0.25) is 0 Å². The standard InChI is InChI=1S/C14H24N2O3S2/c1-3-5-15-9-11-6-14(20-10-11)21(17,18)16-12-7-13(8-12)19-4-2/h6,10,12-13,15-16H,3-5,7-9H2,1-2H3. The zero-order valence-electron chi connectivity index (χ0n) is 12.6. The fraction of sp³-hybridized carbons (Fsp3) is 0.714. The van der Waals surface area contributed by atoms with E-state index in [-0.39, 0.29) is 12.1 Å². The third-order valence-electron chi connectivity index (χ3n) is 3.47. The fourth-order valence-electron chi connectivity index (χ4n) is 2.31. The number of hydrogen-bond donors (Lipinski definition) is 2. The monoisotopic (exact) mass is 332 g/mol. The molecule has 1 heterocycles. The van der Waals surface area contributed by atoms with E-state index in [2.05, 4.69) is 17.0 Å². The first-order valence-corrected chi connectivity index (χ1v) is 9.83. The van der Waals surface area contributed by atoms with E-state index >= 15 is 0 Å². The Balaban J connectivity index is 1.85. The van der Waals surface area contributed by atoms with E-state index in [0.29, 0.717) is 10.8 Å². The van der Waals surface area contributed by atoms with Gasteiger partial charge in [0.1, 0.15) is 4.21 Å². The van der Waals surface area contributed by atoms with Gasteiger partial charge in [-0.2, -0.15) is 0 Å². The molecular formula is C14H24N2O3S2. The lowest BCUT2D eigenvalue weighted by Crippen LogP contribution is -2.47. The van der Waals surface area contributed by atoms with Crippen molar-refractivity contribution < 1.29 is 13.2 Å². The Morgan fingerprint density at radius 3 is 2.81 bits per heavy atom. The van der Waals surface area contributed by atoms with Crippen molar-refractivity contribution in [3.8, 4) is 0 Å². The lowest BCUT2D eigenvalue weighted by atomic mass is 9.90. The normalized spacial score (nSPS) is 22.2. The van der Waals surface area contributed by atoms with Gasteiger partial charge in [-0.15, -0.1) is 11.3 Å². The highest BCUT2D eigenvalue weighted by Crippen LogP contribution is 2.27. The molecule has 1 aromatic rings. The lowest BCUT2D eigenvalue weighted by molar-refractivity contribution is -0.00474. The van der Waals surface area contributed by atoms with Crippen LogP contribution in [0.4, 0.5) is 0 Å². The molecule has 0 aliphatic heterocycles. The summed E-state index contributed by atoms with van der Waals surface area (Å²) >= 11 is 1.28. The van der Waals surface area contributed by atoms with Crippen molar-refractivity contribution >= 4 is 21.4 Å². The van der Waals surface area contributed by atoms with Crippen LogP contribution in [0.1, 0.15) is 38.7 Å². The first-order valence-electron chi connectivity index (χ1n) is 7.47. The van der Waals surface area contributed by atoms with E-state index in [9.17, 15) is 8.42 Å². The molecule has 7 heteroatoms. The van der Waals surface area contributed by atoms with Crippen LogP contribution < -0.4 is 10.0 Å². The van der Waals surface area contributed by atoms with Crippen LogP contribution in [0.5, 0.6) is 0 Å². The number of ether oxygens (including phenoxy) is 1. The topological polar surface area (TPSA) is 67.4 Å². The minimum Gasteiger partial charge on any atom is -0.378 e. The largest absolute Gasteiger partial charge is 0.378 e. The highest BCUT2D eigenvalue weighted by Gasteiger charge is 2.33. The molecule has 5 nitrogen and oxygen atoms in total. The number of thiophene rings is 1. The van der Waals surface area contributed by atoms with E-state index in [1.54, 1.807) is 6.07 Å². The number of nitrogens with one attached hydrogen (secondary N) is 2. The van der Waals surface area contributed by atoms with E-state index < -0.39 is 10.0 Å². The average Bonchev–Trinajstić information content (AvgIpc) is 2.86. The SMILES string of the molecule is CCCNCc1csc(S(=O)(=O)NC2CC(OCC)C2)c1. The second kappa shape index (κ2) is 7.69. The first-order chi connectivity index (χ1) is 10.0. The molecule has 0 saturated heterocycles. The van der Waals surface area contributed by atoms with Gasteiger partial charge >= 0.3 is 0 Å². The predicted octanol–water partition coefficient (Wildman–Crippen LogP) is 2.09. The summed E-state index contributed by atoms with van der Waals surface area (Å²) in [4.78, 5) is 0. The van der Waals surface area contributed by atoms with Crippen LogP contribution in [-0.4, -0.2) is 33.7 Å². The Morgan fingerprint density at radius 1 is 1.38 bits per heavy atom. The summed E-state index contributed by atoms with van der Waals surface area (Å²) in [7, 11) is -3.38. The molecule has 120 valence electrons. The molecule has 0 unspecified atom stereocenters. The number of hydrogen-bond acceptors (Lipinski definition) is 5. The minimum atomic E-state index is -3.38. The number of sulfonamides is 1. The van der Waals surface area contributed by atoms with Crippen molar-refractivity contribution in [2.45, 2.75) is 56.0 Å². The summed E-state index contributed by atoms with van der Waals surface area (Å²) < 4.78 is 33.2. The summed E-state index contributed by atoms with van der Waals surface area (Å²) in [5.41, 5.74) is 1.02. The van der Waals surface area contributed by atoms with Crippen molar-refractivity contribution in [3.05, 3.63) is 17.0 Å². The number of rotatable bonds is 9. The highest BCUT2D eigenvalue weighted by molar-refractivity contribution is 7.91. The summed E-state index contributed by atoms with van der Waals surface area (Å²) in [6.07, 6.45) is 2.81. The Hall–Kier alpha value is -0.470. The molecule has 0 radical (unpaired) electrons. The highest BCUT2D eigenvalue weighted by atomic mass is 32.2. The maximum Gasteiger partial charge on any atom is 0.250 e. The maximum absolute atomic E-state index is 12.3. The Kier molecular flexibility index (Phi) is 6.19. The molecule has 1 aliphatic carbocycles. The molecule has 21 heavy (non-hydrogen) atoms. The minimum absolute atomic E-state index is 0.00955. The van der Waals surface area contributed by atoms with Gasteiger partial charge in [-0.3, -0.25) is 0 Å². The zero-order valence-corrected chi connectivity index (χ0v) is 14.2. The van der Waals surface area contributed by atoms with Crippen molar-refractivity contribution in [2.24, 2.45) is 0 Å². The van der Waals surface area contributed by atoms with E-state index in [1.165, 1.54) is 11.3 Å². The Morgan fingerprint density at radius 2 is 2.14 bits per heavy atom. The molecule has 1 saturated carbocycles. The predicted molar refractivity (Wildman–Crippen MR) is 85.1 cm³/mol. The van der Waals surface area contributed by atoms with Crippen LogP contribution in [0.15, 0.2) is 15.7 Å². The van der Waals surface area contributed by atoms with Crippen LogP contribution in [0.25, 0.3) is 0 Å². The van der Waals surface area contributed by atoms with Gasteiger partial charge in [0, 0.05) is 19.2 Å². The summed E-state index contributed by atoms with van der Waals surface area (Å²) in [6, 6.07) is 1.77. The average molecular weight is 332 g/mol. The molecule has 1 aliphatic rings. The van der Waals surface area contributed by atoms with Gasteiger partial charge in [0.05, 0.1) is 6.10 Å². The quantitative estimate of drug-likeness (QED) is 0.680. The van der Waals surface area contributed by atoms with Crippen LogP contribution in [0, 0.1) is 0 Å². The molecular weight excluding hydrogens is 308 g/mol. The van der Waals surface area contributed by atoms with Crippen molar-refractivity contribution in [3.63, 3.8) is 0 Å². The van der Waals surface area contributed by atoms with Gasteiger partial charge in [-0.1, -0.05) is 6.92 Å². The molecule has 0 aromatic carbocycles. The molecule has 2 N–H and O–H groups in total. The van der Waals surface area contributed by atoms with E-state index in [4.69, 9.17) is 4.74 Å². The zero-order chi connectivity index (χ0) is 15.3. The van der Waals surface area contributed by atoms with Gasteiger partial charge in [0.2, 0.25) is 10.0 Å². The molecule has 2 rings (SSSR count). The molecule has 0 spiro atoms. The van der Waals surface area contributed by atoms with Crippen LogP contribution >= 0.6 is 11.3 Å². The molecule has 0 amide bonds. The summed E-state index contributed by atoms with van der Waals surface area (Å²) in [6.45, 7) is 6.40. The summed E-state index contributed by atoms with van der Waals surface area (Å²) in [5, 5.41) is 5.18. The van der Waals surface area contributed by atoms with Gasteiger partial charge in [-0.05, 0) is 49.7 Å². The third-order valence-corrected chi connectivity index (χ3v) is 6.48. The van der Waals surface area contributed by atoms with Crippen molar-refractivity contribution in [1.82, 2.24) is 10.0 Å². The van der Waals surface area contributed by atoms with Gasteiger partial charge in [0.25, 0.3) is 0 Å². The lowest BCUT2D eigenvalue weighted by Gasteiger charge is -2.34. The van der Waals surface area contributed by atoms with Crippen LogP contribution in [-0.2, 0) is 21.3 Å². The summed E-state index contributed by atoms with van der Waals surface area (Å²) in [5.74, 6) is 0. The van der Waals surface area contributed by atoms with Crippen LogP contribution in [0.3, 0.4) is 0 Å². The second-order valence-corrected chi connectivity index (χ2v) is 8.17. The van der Waals surface area contributed by atoms with E-state index in [1.807, 2.05) is 12.3 Å². The Bertz CT molecular complexity index is 536. The smallest absolute Gasteiger partial charge is 0.250 e. The van der Waals surface area contributed by atoms with Crippen molar-refractivity contribution in [1.29, 1.82) is 0 Å². The molecule has 0 atom stereocenters. The molecule has 1 aromatic heterocycles. The third kappa shape index (κ3) is 4.75. The van der Waals surface area contributed by atoms with E-state index in [0.717, 1.165) is 37.9 Å². The first kappa shape index (κ1) is 16.9. The second-order valence-electron chi connectivity index (χ2n) is 5.32. The maximum atomic E-state index is 12.3. The van der Waals surface area contributed by atoms with Gasteiger partial charge < -0.3 is 10.1 Å². The van der Waals surface area contributed by atoms with Gasteiger partial charge in [0.15, 0.2) is 0 Å². The van der Waals surface area contributed by atoms with Crippen molar-refractivity contribution in [2.75, 3.05) is 13.2 Å². The van der Waals surface area contributed by atoms with Gasteiger partial charge in [-0.25, -0.2) is 13.1 Å². The molecule has 0 bridgehead atoms. The Labute approximate surface area is 131 Å². The fourth-order valence-corrected chi connectivity index (χ4v) is 4.80.